The molecular weight excluding hydrogens is 573 g/mol. The zero-order valence-electron chi connectivity index (χ0n) is 24.9. The van der Waals surface area contributed by atoms with Crippen molar-refractivity contribution in [3.8, 4) is 5.82 Å². The van der Waals surface area contributed by atoms with Gasteiger partial charge in [-0.05, 0) is 47.9 Å². The van der Waals surface area contributed by atoms with Crippen LogP contribution in [0.2, 0.25) is 0 Å². The fraction of sp³-hybridized carbons (Fsp3) is 0.273. The number of aliphatic hydroxyl groups is 1. The lowest BCUT2D eigenvalue weighted by atomic mass is 9.91. The molecule has 2 N–H and O–H groups in total. The number of benzene rings is 2. The maximum absolute atomic E-state index is 11.8. The molecule has 1 atom stereocenters. The number of hydrogen-bond acceptors (Lipinski definition) is 4. The van der Waals surface area contributed by atoms with Gasteiger partial charge in [-0.1, -0.05) is 73.9 Å². The van der Waals surface area contributed by atoms with Crippen molar-refractivity contribution in [1.29, 1.82) is 0 Å². The highest BCUT2D eigenvalue weighted by Gasteiger charge is 2.40. The predicted molar refractivity (Wildman–Crippen MR) is 174 cm³/mol. The maximum atomic E-state index is 11.8. The molecule has 6 rings (SSSR count). The molecule has 2 aliphatic rings. The first kappa shape index (κ1) is 29.7. The fourth-order valence-electron chi connectivity index (χ4n) is 5.70. The third-order valence-corrected chi connectivity index (χ3v) is 8.18. The summed E-state index contributed by atoms with van der Waals surface area (Å²) >= 11 is 5.69. The number of hydrogen-bond donors (Lipinski definition) is 2. The zero-order chi connectivity index (χ0) is 30.6. The maximum Gasteiger partial charge on any atom is 0.553 e. The van der Waals surface area contributed by atoms with Gasteiger partial charge >= 0.3 is 7.55 Å². The minimum absolute atomic E-state index is 0.0994. The van der Waals surface area contributed by atoms with E-state index < -0.39 is 6.10 Å². The normalized spacial score (nSPS) is 15.6. The molecule has 0 bridgehead atoms. The number of amidine groups is 1. The van der Waals surface area contributed by atoms with Crippen LogP contribution in [0, 0.1) is 0 Å². The van der Waals surface area contributed by atoms with Crippen molar-refractivity contribution < 1.29 is 14.5 Å². The average Bonchev–Trinajstić information content (AvgIpc) is 3.79. The van der Waals surface area contributed by atoms with Gasteiger partial charge in [-0.2, -0.15) is 0 Å². The highest BCUT2D eigenvalue weighted by molar-refractivity contribution is 6.40. The molecule has 223 valence electrons. The Hall–Kier alpha value is -4.41. The number of unbranched alkanes of at least 4 members (excludes halogenated alkanes) is 2. The summed E-state index contributed by atoms with van der Waals surface area (Å²) in [6.45, 7) is 2.89. The topological polar surface area (TPSA) is 91.2 Å². The second-order valence-electron chi connectivity index (χ2n) is 11.1. The van der Waals surface area contributed by atoms with Crippen molar-refractivity contribution in [3.05, 3.63) is 113 Å². The second kappa shape index (κ2) is 13.1. The van der Waals surface area contributed by atoms with E-state index in [4.69, 9.17) is 11.6 Å². The zero-order valence-corrected chi connectivity index (χ0v) is 25.7. The molecule has 4 heterocycles. The standard InChI is InChI=1S/C33H34BClN7O2/c1-3-4-6-11-29(43)26-22-40(38-37-26)32-19-17-28-33(24-12-14-25(15-13-24)36-30(44)20-35)27-16-18-31(41(27)34-42(28)32)39(2)21-23-9-7-5-8-10-23/h5,7-10,12-19,22,29,43H,3-4,6,11,20-21H2,1-2H3/p+1. The number of rotatable bonds is 11. The number of carbonyl (C=O) groups excluding carboxylic acids is 1. The van der Waals surface area contributed by atoms with Crippen molar-refractivity contribution in [2.75, 3.05) is 18.2 Å². The summed E-state index contributed by atoms with van der Waals surface area (Å²) in [4.78, 5) is 14.0. The highest BCUT2D eigenvalue weighted by Crippen LogP contribution is 2.37. The largest absolute Gasteiger partial charge is 0.553 e. The van der Waals surface area contributed by atoms with Crippen LogP contribution in [0.1, 0.15) is 61.2 Å². The number of alkyl halides is 1. The van der Waals surface area contributed by atoms with Crippen LogP contribution >= 0.6 is 11.6 Å². The van der Waals surface area contributed by atoms with Crippen LogP contribution in [0.4, 0.5) is 5.69 Å². The third-order valence-electron chi connectivity index (χ3n) is 7.94. The molecule has 9 nitrogen and oxygen atoms in total. The first-order valence-corrected chi connectivity index (χ1v) is 15.5. The number of anilines is 1. The van der Waals surface area contributed by atoms with Crippen LogP contribution in [-0.2, 0) is 11.3 Å². The lowest BCUT2D eigenvalue weighted by Gasteiger charge is -2.26. The van der Waals surface area contributed by atoms with E-state index in [9.17, 15) is 9.90 Å². The van der Waals surface area contributed by atoms with E-state index in [1.54, 1.807) is 4.68 Å². The number of aromatic nitrogens is 4. The van der Waals surface area contributed by atoms with Gasteiger partial charge in [-0.25, -0.2) is 4.68 Å². The number of amides is 1. The number of allylic oxidation sites excluding steroid dienone is 1. The molecule has 2 aromatic carbocycles. The molecule has 0 fully saturated rings. The molecule has 1 amide bonds. The summed E-state index contributed by atoms with van der Waals surface area (Å²) in [5.74, 6) is 1.49. The quantitative estimate of drug-likeness (QED) is 0.107. The van der Waals surface area contributed by atoms with Crippen molar-refractivity contribution in [2.24, 2.45) is 0 Å². The molecule has 0 saturated carbocycles. The molecule has 1 unspecified atom stereocenters. The molecule has 1 radical (unpaired) electrons. The lowest BCUT2D eigenvalue weighted by Crippen LogP contribution is -2.41. The lowest BCUT2D eigenvalue weighted by molar-refractivity contribution is -0.516. The SMILES string of the molecule is CCCCCC(O)c1cn(-c2ccc3n2[B]N2C(=C3c3ccc(NC(=O)CCl)cc3)C=CC2=[N+](C)Cc2ccccc2)nn1. The van der Waals surface area contributed by atoms with Gasteiger partial charge in [0.2, 0.25) is 5.91 Å². The van der Waals surface area contributed by atoms with Gasteiger partial charge in [-0.15, -0.1) is 16.7 Å². The number of halogens is 1. The Bertz CT molecular complexity index is 1740. The van der Waals surface area contributed by atoms with Crippen LogP contribution in [0.5, 0.6) is 0 Å². The number of carbonyl (C=O) groups is 1. The van der Waals surface area contributed by atoms with E-state index in [1.165, 1.54) is 5.56 Å². The molecule has 2 aliphatic heterocycles. The highest BCUT2D eigenvalue weighted by atomic mass is 35.5. The van der Waals surface area contributed by atoms with Gasteiger partial charge < -0.3 is 14.9 Å². The van der Waals surface area contributed by atoms with Crippen LogP contribution in [0.25, 0.3) is 11.4 Å². The Labute approximate surface area is 263 Å². The van der Waals surface area contributed by atoms with Gasteiger partial charge in [0.05, 0.1) is 19.3 Å². The van der Waals surface area contributed by atoms with E-state index >= 15 is 0 Å². The molecule has 4 aromatic rings. The molecule has 44 heavy (non-hydrogen) atoms. The predicted octanol–water partition coefficient (Wildman–Crippen LogP) is 5.13. The average molecular weight is 608 g/mol. The van der Waals surface area contributed by atoms with E-state index in [0.717, 1.165) is 60.0 Å². The van der Waals surface area contributed by atoms with E-state index in [1.807, 2.05) is 42.6 Å². The first-order chi connectivity index (χ1) is 21.5. The first-order valence-electron chi connectivity index (χ1n) is 14.9. The van der Waals surface area contributed by atoms with Gasteiger partial charge in [-0.3, -0.25) is 14.2 Å². The van der Waals surface area contributed by atoms with Gasteiger partial charge in [0.25, 0.3) is 5.84 Å². The van der Waals surface area contributed by atoms with Crippen LogP contribution in [0.3, 0.4) is 0 Å². The Balaban J connectivity index is 1.39. The van der Waals surface area contributed by atoms with Crippen LogP contribution < -0.4 is 5.32 Å². The monoisotopic (exact) mass is 607 g/mol. The summed E-state index contributed by atoms with van der Waals surface area (Å²) in [6, 6.07) is 22.3. The number of nitrogens with zero attached hydrogens (tertiary/aromatic N) is 6. The second-order valence-corrected chi connectivity index (χ2v) is 11.4. The molecule has 0 aliphatic carbocycles. The Morgan fingerprint density at radius 2 is 1.86 bits per heavy atom. The summed E-state index contributed by atoms with van der Waals surface area (Å²) in [7, 11) is 4.17. The minimum atomic E-state index is -0.649. The Morgan fingerprint density at radius 1 is 1.07 bits per heavy atom. The molecule has 2 aromatic heterocycles. The molecular formula is C33H35BClN7O2+. The molecule has 0 saturated heterocycles. The van der Waals surface area contributed by atoms with Crippen LogP contribution in [0.15, 0.2) is 90.8 Å². The van der Waals surface area contributed by atoms with Crippen molar-refractivity contribution in [2.45, 2.75) is 45.3 Å². The smallest absolute Gasteiger partial charge is 0.387 e. The Morgan fingerprint density at radius 3 is 2.61 bits per heavy atom. The number of nitrogens with one attached hydrogen (secondary N) is 1. The van der Waals surface area contributed by atoms with Crippen molar-refractivity contribution in [3.63, 3.8) is 0 Å². The van der Waals surface area contributed by atoms with E-state index in [2.05, 4.69) is 93.5 Å². The Kier molecular flexibility index (Phi) is 8.81. The number of fused-ring (bicyclic) bond motifs is 2. The summed E-state index contributed by atoms with van der Waals surface area (Å²) in [6.07, 6.45) is 9.22. The van der Waals surface area contributed by atoms with E-state index in [-0.39, 0.29) is 11.8 Å². The molecule has 0 spiro atoms. The molecule has 11 heteroatoms. The summed E-state index contributed by atoms with van der Waals surface area (Å²) < 4.78 is 6.06. The number of aliphatic hydroxyl groups excluding tert-OH is 1. The third kappa shape index (κ3) is 6.00. The summed E-state index contributed by atoms with van der Waals surface area (Å²) in [5.41, 5.74) is 6.53. The summed E-state index contributed by atoms with van der Waals surface area (Å²) in [5, 5.41) is 22.3. The van der Waals surface area contributed by atoms with E-state index in [0.29, 0.717) is 17.8 Å². The minimum Gasteiger partial charge on any atom is -0.387 e. The van der Waals surface area contributed by atoms with Crippen LogP contribution in [-0.4, -0.2) is 66.2 Å². The van der Waals surface area contributed by atoms with Crippen molar-refractivity contribution in [1.82, 2.24) is 24.3 Å². The van der Waals surface area contributed by atoms with Gasteiger partial charge in [0.15, 0.2) is 0 Å². The van der Waals surface area contributed by atoms with Crippen molar-refractivity contribution >= 4 is 42.2 Å². The fourth-order valence-corrected chi connectivity index (χ4v) is 5.76. The van der Waals surface area contributed by atoms with Gasteiger partial charge in [0.1, 0.15) is 29.6 Å². The van der Waals surface area contributed by atoms with Gasteiger partial charge in [0, 0.05) is 23.0 Å².